The Balaban J connectivity index is 2.12. The van der Waals surface area contributed by atoms with Crippen molar-refractivity contribution in [1.82, 2.24) is 13.9 Å². The van der Waals surface area contributed by atoms with Gasteiger partial charge in [-0.15, -0.1) is 0 Å². The van der Waals surface area contributed by atoms with E-state index in [2.05, 4.69) is 4.98 Å². The number of ether oxygens (including phenoxy) is 1. The standard InChI is InChI=1S/C11H18ClN3O3S/c1-14-8-13-11(10(14)12)19(16,17)15(2)6-9-4-3-5-18-7-9/h8-9H,3-7H2,1-2H3. The van der Waals surface area contributed by atoms with Crippen LogP contribution in [-0.4, -0.2) is 49.1 Å². The molecule has 1 aromatic heterocycles. The Bertz CT molecular complexity index is 537. The summed E-state index contributed by atoms with van der Waals surface area (Å²) < 4.78 is 32.9. The molecule has 108 valence electrons. The van der Waals surface area contributed by atoms with Crippen LogP contribution in [0.2, 0.25) is 5.15 Å². The number of aryl methyl sites for hydroxylation is 1. The SMILES string of the molecule is CN(CC1CCCOC1)S(=O)(=O)c1ncn(C)c1Cl. The smallest absolute Gasteiger partial charge is 0.263 e. The molecule has 0 amide bonds. The molecule has 1 atom stereocenters. The molecular weight excluding hydrogens is 290 g/mol. The van der Waals surface area contributed by atoms with Crippen LogP contribution in [-0.2, 0) is 21.8 Å². The van der Waals surface area contributed by atoms with Crippen molar-refractivity contribution in [2.45, 2.75) is 17.9 Å². The Labute approximate surface area is 118 Å². The third-order valence-electron chi connectivity index (χ3n) is 3.26. The van der Waals surface area contributed by atoms with Crippen LogP contribution < -0.4 is 0 Å². The van der Waals surface area contributed by atoms with Gasteiger partial charge in [0.1, 0.15) is 5.15 Å². The normalized spacial score (nSPS) is 20.9. The number of hydrogen-bond donors (Lipinski definition) is 0. The molecule has 8 heteroatoms. The Hall–Kier alpha value is -0.630. The van der Waals surface area contributed by atoms with Crippen LogP contribution in [0.1, 0.15) is 12.8 Å². The van der Waals surface area contributed by atoms with Crippen LogP contribution in [0.3, 0.4) is 0 Å². The van der Waals surface area contributed by atoms with Crippen molar-refractivity contribution in [1.29, 1.82) is 0 Å². The highest BCUT2D eigenvalue weighted by Gasteiger charge is 2.29. The number of nitrogens with zero attached hydrogens (tertiary/aromatic N) is 3. The van der Waals surface area contributed by atoms with Gasteiger partial charge in [0.25, 0.3) is 10.0 Å². The predicted octanol–water partition coefficient (Wildman–Crippen LogP) is 1.12. The molecule has 0 N–H and O–H groups in total. The topological polar surface area (TPSA) is 64.4 Å². The van der Waals surface area contributed by atoms with E-state index in [0.717, 1.165) is 19.4 Å². The predicted molar refractivity (Wildman–Crippen MR) is 71.6 cm³/mol. The minimum Gasteiger partial charge on any atom is -0.381 e. The van der Waals surface area contributed by atoms with Crippen LogP contribution in [0.25, 0.3) is 0 Å². The highest BCUT2D eigenvalue weighted by molar-refractivity contribution is 7.89. The average molecular weight is 308 g/mol. The maximum Gasteiger partial charge on any atom is 0.263 e. The van der Waals surface area contributed by atoms with Crippen LogP contribution in [0.5, 0.6) is 0 Å². The van der Waals surface area contributed by atoms with Gasteiger partial charge in [-0.2, -0.15) is 4.31 Å². The van der Waals surface area contributed by atoms with E-state index in [1.165, 1.54) is 15.2 Å². The number of hydrogen-bond acceptors (Lipinski definition) is 4. The fraction of sp³-hybridized carbons (Fsp3) is 0.727. The highest BCUT2D eigenvalue weighted by atomic mass is 35.5. The largest absolute Gasteiger partial charge is 0.381 e. The molecule has 1 unspecified atom stereocenters. The van der Waals surface area contributed by atoms with Gasteiger partial charge in [0.05, 0.1) is 12.9 Å². The molecule has 1 aliphatic rings. The molecular formula is C11H18ClN3O3S. The number of aromatic nitrogens is 2. The molecule has 0 radical (unpaired) electrons. The van der Waals surface area contributed by atoms with Crippen LogP contribution in [0.4, 0.5) is 0 Å². The molecule has 1 fully saturated rings. The van der Waals surface area contributed by atoms with Crippen LogP contribution in [0.15, 0.2) is 11.4 Å². The van der Waals surface area contributed by atoms with E-state index < -0.39 is 10.0 Å². The second-order valence-electron chi connectivity index (χ2n) is 4.82. The van der Waals surface area contributed by atoms with Gasteiger partial charge in [-0.25, -0.2) is 13.4 Å². The van der Waals surface area contributed by atoms with Crippen molar-refractivity contribution in [3.8, 4) is 0 Å². The summed E-state index contributed by atoms with van der Waals surface area (Å²) in [4.78, 5) is 3.87. The lowest BCUT2D eigenvalue weighted by atomic mass is 10.0. The highest BCUT2D eigenvalue weighted by Crippen LogP contribution is 2.23. The Kier molecular flexibility index (Phi) is 4.50. The van der Waals surface area contributed by atoms with Gasteiger partial charge < -0.3 is 9.30 Å². The van der Waals surface area contributed by atoms with Gasteiger partial charge in [-0.1, -0.05) is 11.6 Å². The third-order valence-corrected chi connectivity index (χ3v) is 5.57. The van der Waals surface area contributed by atoms with Gasteiger partial charge in [0.2, 0.25) is 5.03 Å². The molecule has 1 saturated heterocycles. The van der Waals surface area contributed by atoms with E-state index in [-0.39, 0.29) is 16.1 Å². The fourth-order valence-electron chi connectivity index (χ4n) is 2.13. The van der Waals surface area contributed by atoms with Gasteiger partial charge >= 0.3 is 0 Å². The van der Waals surface area contributed by atoms with Gasteiger partial charge in [0.15, 0.2) is 0 Å². The Morgan fingerprint density at radius 2 is 2.37 bits per heavy atom. The zero-order valence-corrected chi connectivity index (χ0v) is 12.6. The average Bonchev–Trinajstić information content (AvgIpc) is 2.71. The zero-order valence-electron chi connectivity index (χ0n) is 11.0. The van der Waals surface area contributed by atoms with Gasteiger partial charge in [-0.3, -0.25) is 0 Å². The number of halogens is 1. The van der Waals surface area contributed by atoms with Gasteiger partial charge in [-0.05, 0) is 18.8 Å². The second kappa shape index (κ2) is 5.78. The van der Waals surface area contributed by atoms with E-state index in [9.17, 15) is 8.42 Å². The second-order valence-corrected chi connectivity index (χ2v) is 7.14. The molecule has 0 aromatic carbocycles. The van der Waals surface area contributed by atoms with E-state index in [1.54, 1.807) is 14.1 Å². The number of rotatable bonds is 4. The molecule has 1 aromatic rings. The maximum atomic E-state index is 12.4. The fourth-order valence-corrected chi connectivity index (χ4v) is 3.75. The third kappa shape index (κ3) is 3.10. The molecule has 0 saturated carbocycles. The maximum absolute atomic E-state index is 12.4. The number of imidazole rings is 1. The van der Waals surface area contributed by atoms with E-state index in [1.807, 2.05) is 0 Å². The summed E-state index contributed by atoms with van der Waals surface area (Å²) in [7, 11) is -0.428. The summed E-state index contributed by atoms with van der Waals surface area (Å²) in [6.45, 7) is 1.80. The first-order valence-corrected chi connectivity index (χ1v) is 7.95. The van der Waals surface area contributed by atoms with Crippen molar-refractivity contribution < 1.29 is 13.2 Å². The lowest BCUT2D eigenvalue weighted by Gasteiger charge is -2.26. The van der Waals surface area contributed by atoms with Crippen LogP contribution in [0, 0.1) is 5.92 Å². The monoisotopic (exact) mass is 307 g/mol. The number of sulfonamides is 1. The van der Waals surface area contributed by atoms with Crippen LogP contribution >= 0.6 is 11.6 Å². The first-order chi connectivity index (χ1) is 8.93. The van der Waals surface area contributed by atoms with E-state index in [4.69, 9.17) is 16.3 Å². The summed E-state index contributed by atoms with van der Waals surface area (Å²) >= 11 is 5.95. The van der Waals surface area contributed by atoms with Gasteiger partial charge in [0, 0.05) is 27.2 Å². The first kappa shape index (κ1) is 14.8. The molecule has 2 heterocycles. The minimum atomic E-state index is -3.63. The lowest BCUT2D eigenvalue weighted by molar-refractivity contribution is 0.0495. The van der Waals surface area contributed by atoms with Crippen molar-refractivity contribution in [3.63, 3.8) is 0 Å². The molecule has 0 aliphatic carbocycles. The Morgan fingerprint density at radius 1 is 1.63 bits per heavy atom. The summed E-state index contributed by atoms with van der Waals surface area (Å²) in [6.07, 6.45) is 3.35. The van der Waals surface area contributed by atoms with E-state index in [0.29, 0.717) is 13.2 Å². The van der Waals surface area contributed by atoms with Crippen molar-refractivity contribution in [2.75, 3.05) is 26.8 Å². The molecule has 1 aliphatic heterocycles. The summed E-state index contributed by atoms with van der Waals surface area (Å²) in [5.74, 6) is 0.232. The van der Waals surface area contributed by atoms with Crippen molar-refractivity contribution in [3.05, 3.63) is 11.5 Å². The van der Waals surface area contributed by atoms with Crippen molar-refractivity contribution in [2.24, 2.45) is 13.0 Å². The zero-order chi connectivity index (χ0) is 14.0. The Morgan fingerprint density at radius 3 is 2.89 bits per heavy atom. The first-order valence-electron chi connectivity index (χ1n) is 6.14. The summed E-state index contributed by atoms with van der Waals surface area (Å²) in [6, 6.07) is 0. The van der Waals surface area contributed by atoms with Crippen molar-refractivity contribution >= 4 is 21.6 Å². The minimum absolute atomic E-state index is 0.0871. The summed E-state index contributed by atoms with van der Waals surface area (Å²) in [5.41, 5.74) is 0. The summed E-state index contributed by atoms with van der Waals surface area (Å²) in [5, 5.41) is 0.0441. The lowest BCUT2D eigenvalue weighted by Crippen LogP contribution is -2.35. The molecule has 19 heavy (non-hydrogen) atoms. The molecule has 0 bridgehead atoms. The molecule has 2 rings (SSSR count). The molecule has 6 nitrogen and oxygen atoms in total. The van der Waals surface area contributed by atoms with E-state index >= 15 is 0 Å². The molecule has 0 spiro atoms. The quantitative estimate of drug-likeness (QED) is 0.836.